The van der Waals surface area contributed by atoms with E-state index in [9.17, 15) is 8.42 Å². The van der Waals surface area contributed by atoms with Gasteiger partial charge in [-0.3, -0.25) is 0 Å². The Labute approximate surface area is 130 Å². The minimum atomic E-state index is -3.10. The summed E-state index contributed by atoms with van der Waals surface area (Å²) in [4.78, 5) is 0. The van der Waals surface area contributed by atoms with E-state index in [-0.39, 0.29) is 12.1 Å². The zero-order valence-corrected chi connectivity index (χ0v) is 14.3. The van der Waals surface area contributed by atoms with Crippen LogP contribution in [-0.2, 0) is 10.0 Å². The maximum Gasteiger partial charge on any atom is 0.214 e. The van der Waals surface area contributed by atoms with Gasteiger partial charge in [-0.2, -0.15) is 4.31 Å². The van der Waals surface area contributed by atoms with Gasteiger partial charge in [0.15, 0.2) is 0 Å². The summed E-state index contributed by atoms with van der Waals surface area (Å²) >= 11 is 0. The summed E-state index contributed by atoms with van der Waals surface area (Å²) in [7, 11) is -1.22. The molecule has 5 heteroatoms. The van der Waals surface area contributed by atoms with Gasteiger partial charge in [-0.05, 0) is 45.7 Å². The zero-order chi connectivity index (χ0) is 15.1. The number of hydrogen-bond acceptors (Lipinski definition) is 3. The summed E-state index contributed by atoms with van der Waals surface area (Å²) in [5.41, 5.74) is 0. The van der Waals surface area contributed by atoms with E-state index in [1.807, 2.05) is 11.4 Å². The Bertz CT molecular complexity index is 367. The standard InChI is InChI=1S/C16H32N2O2S/c1-17-13-8-14-21(19,20)18(15-9-4-2-5-10-15)16-11-6-3-7-12-16/h15-17H,2-14H2,1H3. The van der Waals surface area contributed by atoms with Crippen molar-refractivity contribution in [3.8, 4) is 0 Å². The van der Waals surface area contributed by atoms with E-state index in [4.69, 9.17) is 0 Å². The van der Waals surface area contributed by atoms with Crippen molar-refractivity contribution in [2.24, 2.45) is 0 Å². The highest BCUT2D eigenvalue weighted by Gasteiger charge is 2.36. The zero-order valence-electron chi connectivity index (χ0n) is 13.5. The number of rotatable bonds is 7. The molecule has 0 unspecified atom stereocenters. The molecule has 0 aromatic rings. The molecule has 2 fully saturated rings. The lowest BCUT2D eigenvalue weighted by Crippen LogP contribution is -2.49. The van der Waals surface area contributed by atoms with Crippen molar-refractivity contribution in [3.63, 3.8) is 0 Å². The predicted molar refractivity (Wildman–Crippen MR) is 87.9 cm³/mol. The van der Waals surface area contributed by atoms with Gasteiger partial charge in [-0.15, -0.1) is 0 Å². The van der Waals surface area contributed by atoms with Crippen LogP contribution in [0.3, 0.4) is 0 Å². The van der Waals surface area contributed by atoms with Gasteiger partial charge in [-0.1, -0.05) is 38.5 Å². The Hall–Kier alpha value is -0.130. The highest BCUT2D eigenvalue weighted by molar-refractivity contribution is 7.89. The van der Waals surface area contributed by atoms with E-state index in [1.165, 1.54) is 38.5 Å². The first-order valence-electron chi connectivity index (χ1n) is 8.81. The molecule has 0 spiro atoms. The molecule has 0 aliphatic heterocycles. The second kappa shape index (κ2) is 8.49. The molecule has 0 bridgehead atoms. The molecule has 0 radical (unpaired) electrons. The minimum absolute atomic E-state index is 0.279. The highest BCUT2D eigenvalue weighted by atomic mass is 32.2. The van der Waals surface area contributed by atoms with Crippen LogP contribution in [0.15, 0.2) is 0 Å². The first-order valence-corrected chi connectivity index (χ1v) is 10.4. The quantitative estimate of drug-likeness (QED) is 0.735. The molecule has 4 nitrogen and oxygen atoms in total. The monoisotopic (exact) mass is 316 g/mol. The molecule has 0 aromatic carbocycles. The molecule has 0 saturated heterocycles. The van der Waals surface area contributed by atoms with Crippen LogP contribution >= 0.6 is 0 Å². The van der Waals surface area contributed by atoms with Crippen molar-refractivity contribution < 1.29 is 8.42 Å². The van der Waals surface area contributed by atoms with E-state index in [0.717, 1.165) is 38.6 Å². The summed E-state index contributed by atoms with van der Waals surface area (Å²) in [6.07, 6.45) is 12.3. The number of nitrogens with zero attached hydrogens (tertiary/aromatic N) is 1. The largest absolute Gasteiger partial charge is 0.320 e. The van der Waals surface area contributed by atoms with Crippen molar-refractivity contribution in [2.45, 2.75) is 82.7 Å². The van der Waals surface area contributed by atoms with Crippen LogP contribution in [0, 0.1) is 0 Å². The maximum atomic E-state index is 12.9. The molecule has 21 heavy (non-hydrogen) atoms. The van der Waals surface area contributed by atoms with Crippen LogP contribution in [0.25, 0.3) is 0 Å². The first-order chi connectivity index (χ1) is 10.1. The average molecular weight is 317 g/mol. The molecule has 2 aliphatic carbocycles. The Morgan fingerprint density at radius 3 is 1.81 bits per heavy atom. The molecular formula is C16H32N2O2S. The van der Waals surface area contributed by atoms with Gasteiger partial charge >= 0.3 is 0 Å². The van der Waals surface area contributed by atoms with Crippen molar-refractivity contribution in [2.75, 3.05) is 19.3 Å². The summed E-state index contributed by atoms with van der Waals surface area (Å²) in [5.74, 6) is 0.306. The van der Waals surface area contributed by atoms with Crippen molar-refractivity contribution in [1.29, 1.82) is 0 Å². The lowest BCUT2D eigenvalue weighted by atomic mass is 9.91. The van der Waals surface area contributed by atoms with Crippen LogP contribution in [0.5, 0.6) is 0 Å². The second-order valence-corrected chi connectivity index (χ2v) is 8.68. The van der Waals surface area contributed by atoms with Crippen molar-refractivity contribution >= 4 is 10.0 Å². The van der Waals surface area contributed by atoms with E-state index >= 15 is 0 Å². The van der Waals surface area contributed by atoms with Crippen molar-refractivity contribution in [1.82, 2.24) is 9.62 Å². The molecular weight excluding hydrogens is 284 g/mol. The van der Waals surface area contributed by atoms with E-state index in [1.54, 1.807) is 0 Å². The van der Waals surface area contributed by atoms with Crippen LogP contribution in [-0.4, -0.2) is 44.2 Å². The number of sulfonamides is 1. The smallest absolute Gasteiger partial charge is 0.214 e. The molecule has 0 aromatic heterocycles. The highest BCUT2D eigenvalue weighted by Crippen LogP contribution is 2.32. The Morgan fingerprint density at radius 1 is 0.905 bits per heavy atom. The van der Waals surface area contributed by atoms with E-state index in [0.29, 0.717) is 5.75 Å². The third kappa shape index (κ3) is 4.93. The van der Waals surface area contributed by atoms with Crippen LogP contribution in [0.4, 0.5) is 0 Å². The predicted octanol–water partition coefficient (Wildman–Crippen LogP) is 2.89. The Balaban J connectivity index is 2.09. The van der Waals surface area contributed by atoms with Gasteiger partial charge in [0.05, 0.1) is 5.75 Å². The fraction of sp³-hybridized carbons (Fsp3) is 1.00. The maximum absolute atomic E-state index is 12.9. The van der Waals surface area contributed by atoms with Gasteiger partial charge in [0.2, 0.25) is 10.0 Å². The summed E-state index contributed by atoms with van der Waals surface area (Å²) in [5, 5.41) is 3.06. The normalized spacial score (nSPS) is 22.8. The van der Waals surface area contributed by atoms with Gasteiger partial charge < -0.3 is 5.32 Å². The fourth-order valence-corrected chi connectivity index (χ4v) is 6.01. The average Bonchev–Trinajstić information content (AvgIpc) is 2.49. The molecule has 124 valence electrons. The molecule has 0 atom stereocenters. The van der Waals surface area contributed by atoms with Gasteiger partial charge in [0.25, 0.3) is 0 Å². The fourth-order valence-electron chi connectivity index (χ4n) is 3.96. The van der Waals surface area contributed by atoms with Crippen molar-refractivity contribution in [3.05, 3.63) is 0 Å². The van der Waals surface area contributed by atoms with Gasteiger partial charge in [-0.25, -0.2) is 8.42 Å². The molecule has 0 amide bonds. The molecule has 0 heterocycles. The molecule has 1 N–H and O–H groups in total. The summed E-state index contributed by atoms with van der Waals surface area (Å²) < 4.78 is 27.8. The van der Waals surface area contributed by atoms with E-state index in [2.05, 4.69) is 5.32 Å². The number of nitrogens with one attached hydrogen (secondary N) is 1. The van der Waals surface area contributed by atoms with Crippen LogP contribution < -0.4 is 5.32 Å². The number of hydrogen-bond donors (Lipinski definition) is 1. The molecule has 2 rings (SSSR count). The molecule has 2 aliphatic rings. The summed E-state index contributed by atoms with van der Waals surface area (Å²) in [6, 6.07) is 0.558. The van der Waals surface area contributed by atoms with Crippen LogP contribution in [0.1, 0.15) is 70.6 Å². The third-order valence-electron chi connectivity index (χ3n) is 5.02. The Morgan fingerprint density at radius 2 is 1.38 bits per heavy atom. The first kappa shape index (κ1) is 17.2. The van der Waals surface area contributed by atoms with Gasteiger partial charge in [0.1, 0.15) is 0 Å². The molecule has 2 saturated carbocycles. The lowest BCUT2D eigenvalue weighted by Gasteiger charge is -2.40. The third-order valence-corrected chi connectivity index (χ3v) is 7.06. The summed E-state index contributed by atoms with van der Waals surface area (Å²) in [6.45, 7) is 0.780. The lowest BCUT2D eigenvalue weighted by molar-refractivity contribution is 0.169. The second-order valence-electron chi connectivity index (χ2n) is 6.69. The minimum Gasteiger partial charge on any atom is -0.320 e. The SMILES string of the molecule is CNCCCS(=O)(=O)N(C1CCCCC1)C1CCCCC1. The van der Waals surface area contributed by atoms with Crippen LogP contribution in [0.2, 0.25) is 0 Å². The van der Waals surface area contributed by atoms with Gasteiger partial charge in [0, 0.05) is 12.1 Å². The Kier molecular flexibility index (Phi) is 6.96. The van der Waals surface area contributed by atoms with E-state index < -0.39 is 10.0 Å². The topological polar surface area (TPSA) is 49.4 Å².